The molecule has 1 fully saturated rings. The Morgan fingerprint density at radius 1 is 1.50 bits per heavy atom. The van der Waals surface area contributed by atoms with Gasteiger partial charge in [-0.05, 0) is 24.7 Å². The van der Waals surface area contributed by atoms with Crippen molar-refractivity contribution in [2.45, 2.75) is 46.5 Å². The number of unbranched alkanes of at least 4 members (excludes halogenated alkanes) is 1. The van der Waals surface area contributed by atoms with Crippen molar-refractivity contribution in [2.24, 2.45) is 17.8 Å². The smallest absolute Gasteiger partial charge is 0.309 e. The Bertz CT molecular complexity index is 187. The fourth-order valence-electron chi connectivity index (χ4n) is 2.07. The van der Waals surface area contributed by atoms with Crippen molar-refractivity contribution in [2.75, 3.05) is 6.61 Å². The summed E-state index contributed by atoms with van der Waals surface area (Å²) in [5.41, 5.74) is 0. The van der Waals surface area contributed by atoms with Gasteiger partial charge in [-0.25, -0.2) is 0 Å². The second-order valence-electron chi connectivity index (χ2n) is 4.72. The maximum absolute atomic E-state index is 11.4. The van der Waals surface area contributed by atoms with E-state index in [1.54, 1.807) is 0 Å². The van der Waals surface area contributed by atoms with Gasteiger partial charge in [-0.2, -0.15) is 0 Å². The molecule has 0 amide bonds. The number of hydrogen-bond acceptors (Lipinski definition) is 2. The average Bonchev–Trinajstić information content (AvgIpc) is 2.16. The molecule has 82 valence electrons. The number of ether oxygens (including phenoxy) is 1. The minimum Gasteiger partial charge on any atom is -0.465 e. The van der Waals surface area contributed by atoms with E-state index in [0.29, 0.717) is 18.4 Å². The van der Waals surface area contributed by atoms with Gasteiger partial charge in [0.25, 0.3) is 0 Å². The van der Waals surface area contributed by atoms with E-state index in [9.17, 15) is 4.79 Å². The van der Waals surface area contributed by atoms with E-state index in [1.807, 2.05) is 0 Å². The molecule has 1 heterocycles. The summed E-state index contributed by atoms with van der Waals surface area (Å²) in [4.78, 5) is 11.4. The molecular formula is C12H22O2. The molecule has 2 heteroatoms. The van der Waals surface area contributed by atoms with Gasteiger partial charge in [-0.15, -0.1) is 0 Å². The summed E-state index contributed by atoms with van der Waals surface area (Å²) in [6.45, 7) is 7.07. The molecule has 1 rings (SSSR count). The van der Waals surface area contributed by atoms with Gasteiger partial charge in [0, 0.05) is 0 Å². The maximum Gasteiger partial charge on any atom is 0.309 e. The van der Waals surface area contributed by atoms with E-state index >= 15 is 0 Å². The third-order valence-electron chi connectivity index (χ3n) is 3.12. The van der Waals surface area contributed by atoms with Crippen molar-refractivity contribution in [1.29, 1.82) is 0 Å². The summed E-state index contributed by atoms with van der Waals surface area (Å²) >= 11 is 0. The van der Waals surface area contributed by atoms with Crippen LogP contribution in [0, 0.1) is 17.8 Å². The minimum atomic E-state index is 0.0211. The number of carbonyl (C=O) groups is 1. The largest absolute Gasteiger partial charge is 0.465 e. The minimum absolute atomic E-state index is 0.0211. The zero-order valence-electron chi connectivity index (χ0n) is 9.58. The summed E-state index contributed by atoms with van der Waals surface area (Å²) in [5, 5.41) is 0. The molecule has 0 bridgehead atoms. The first-order valence-electron chi connectivity index (χ1n) is 5.81. The van der Waals surface area contributed by atoms with E-state index < -0.39 is 0 Å². The van der Waals surface area contributed by atoms with Gasteiger partial charge in [0.1, 0.15) is 0 Å². The van der Waals surface area contributed by atoms with Crippen LogP contribution in [-0.2, 0) is 9.53 Å². The summed E-state index contributed by atoms with van der Waals surface area (Å²) in [5.74, 6) is 1.20. The Morgan fingerprint density at radius 2 is 2.21 bits per heavy atom. The fourth-order valence-corrected chi connectivity index (χ4v) is 2.07. The van der Waals surface area contributed by atoms with Crippen molar-refractivity contribution in [3.8, 4) is 0 Å². The van der Waals surface area contributed by atoms with Crippen LogP contribution >= 0.6 is 0 Å². The van der Waals surface area contributed by atoms with Gasteiger partial charge in [0.15, 0.2) is 0 Å². The summed E-state index contributed by atoms with van der Waals surface area (Å²) in [6.07, 6.45) is 4.74. The second kappa shape index (κ2) is 5.38. The van der Waals surface area contributed by atoms with Gasteiger partial charge in [-0.1, -0.05) is 33.6 Å². The first-order valence-corrected chi connectivity index (χ1v) is 5.81. The maximum atomic E-state index is 11.4. The van der Waals surface area contributed by atoms with Gasteiger partial charge < -0.3 is 4.74 Å². The van der Waals surface area contributed by atoms with Crippen LogP contribution in [0.15, 0.2) is 0 Å². The fraction of sp³-hybridized carbons (Fsp3) is 0.917. The lowest BCUT2D eigenvalue weighted by molar-refractivity contribution is -0.158. The molecule has 0 radical (unpaired) electrons. The molecule has 14 heavy (non-hydrogen) atoms. The van der Waals surface area contributed by atoms with Crippen molar-refractivity contribution in [3.63, 3.8) is 0 Å². The lowest BCUT2D eigenvalue weighted by Crippen LogP contribution is -2.33. The van der Waals surface area contributed by atoms with E-state index in [0.717, 1.165) is 6.42 Å². The molecule has 0 saturated carbocycles. The van der Waals surface area contributed by atoms with Gasteiger partial charge in [0.2, 0.25) is 0 Å². The monoisotopic (exact) mass is 198 g/mol. The molecule has 0 aromatic carbocycles. The molecule has 1 aliphatic rings. The Kier molecular flexibility index (Phi) is 4.43. The standard InChI is InChI=1S/C12H22O2/c1-4-5-6-10-7-11(9(2)3)12(13)14-8-10/h9-11H,4-8H2,1-3H3. The molecule has 0 aromatic rings. The predicted molar refractivity (Wildman–Crippen MR) is 56.9 cm³/mol. The van der Waals surface area contributed by atoms with Crippen LogP contribution in [0.25, 0.3) is 0 Å². The zero-order chi connectivity index (χ0) is 10.6. The van der Waals surface area contributed by atoms with Gasteiger partial charge >= 0.3 is 5.97 Å². The van der Waals surface area contributed by atoms with Crippen LogP contribution in [0.5, 0.6) is 0 Å². The first kappa shape index (κ1) is 11.5. The van der Waals surface area contributed by atoms with E-state index in [2.05, 4.69) is 20.8 Å². The van der Waals surface area contributed by atoms with Crippen LogP contribution in [0.3, 0.4) is 0 Å². The van der Waals surface area contributed by atoms with E-state index in [4.69, 9.17) is 4.74 Å². The Morgan fingerprint density at radius 3 is 2.79 bits per heavy atom. The molecule has 0 aliphatic carbocycles. The molecule has 0 N–H and O–H groups in total. The van der Waals surface area contributed by atoms with Crippen LogP contribution in [0.4, 0.5) is 0 Å². The highest BCUT2D eigenvalue weighted by atomic mass is 16.5. The van der Waals surface area contributed by atoms with Crippen molar-refractivity contribution in [3.05, 3.63) is 0 Å². The zero-order valence-corrected chi connectivity index (χ0v) is 9.58. The highest BCUT2D eigenvalue weighted by Gasteiger charge is 2.31. The molecule has 0 spiro atoms. The third kappa shape index (κ3) is 3.00. The lowest BCUT2D eigenvalue weighted by Gasteiger charge is -2.30. The third-order valence-corrected chi connectivity index (χ3v) is 3.12. The van der Waals surface area contributed by atoms with Crippen LogP contribution in [-0.4, -0.2) is 12.6 Å². The molecule has 2 atom stereocenters. The molecule has 1 aliphatic heterocycles. The SMILES string of the molecule is CCCCC1COC(=O)C(C(C)C)C1. The predicted octanol–water partition coefficient (Wildman–Crippen LogP) is 3.01. The number of esters is 1. The van der Waals surface area contributed by atoms with Crippen molar-refractivity contribution >= 4 is 5.97 Å². The van der Waals surface area contributed by atoms with Crippen LogP contribution in [0.2, 0.25) is 0 Å². The number of cyclic esters (lactones) is 1. The summed E-state index contributed by atoms with van der Waals surface area (Å²) in [7, 11) is 0. The molecule has 0 aromatic heterocycles. The Hall–Kier alpha value is -0.530. The van der Waals surface area contributed by atoms with Gasteiger partial charge in [-0.3, -0.25) is 4.79 Å². The summed E-state index contributed by atoms with van der Waals surface area (Å²) in [6, 6.07) is 0. The molecule has 2 nitrogen and oxygen atoms in total. The highest BCUT2D eigenvalue weighted by molar-refractivity contribution is 5.73. The quantitative estimate of drug-likeness (QED) is 0.649. The first-order chi connectivity index (χ1) is 6.65. The molecule has 2 unspecified atom stereocenters. The van der Waals surface area contributed by atoms with E-state index in [1.165, 1.54) is 19.3 Å². The normalized spacial score (nSPS) is 27.9. The average molecular weight is 198 g/mol. The number of hydrogen-bond donors (Lipinski definition) is 0. The Labute approximate surface area is 87.0 Å². The van der Waals surface area contributed by atoms with Crippen molar-refractivity contribution in [1.82, 2.24) is 0 Å². The van der Waals surface area contributed by atoms with Gasteiger partial charge in [0.05, 0.1) is 12.5 Å². The number of carbonyl (C=O) groups excluding carboxylic acids is 1. The molecular weight excluding hydrogens is 176 g/mol. The van der Waals surface area contributed by atoms with E-state index in [-0.39, 0.29) is 11.9 Å². The highest BCUT2D eigenvalue weighted by Crippen LogP contribution is 2.29. The Balaban J connectivity index is 2.41. The molecule has 1 saturated heterocycles. The topological polar surface area (TPSA) is 26.3 Å². The second-order valence-corrected chi connectivity index (χ2v) is 4.72. The van der Waals surface area contributed by atoms with Crippen LogP contribution < -0.4 is 0 Å². The van der Waals surface area contributed by atoms with Crippen LogP contribution in [0.1, 0.15) is 46.5 Å². The summed E-state index contributed by atoms with van der Waals surface area (Å²) < 4.78 is 5.22. The lowest BCUT2D eigenvalue weighted by atomic mass is 9.83. The van der Waals surface area contributed by atoms with Crippen molar-refractivity contribution < 1.29 is 9.53 Å². The number of rotatable bonds is 4.